The quantitative estimate of drug-likeness (QED) is 0.457. The normalized spacial score (nSPS) is 9.54. The number of hydrogen-bond donors (Lipinski definition) is 1. The van der Waals surface area contributed by atoms with Crippen molar-refractivity contribution in [2.75, 3.05) is 0 Å². The van der Waals surface area contributed by atoms with Gasteiger partial charge in [0.25, 0.3) is 0 Å². The van der Waals surface area contributed by atoms with Crippen LogP contribution in [0.4, 0.5) is 0 Å². The molecule has 0 aromatic heterocycles. The van der Waals surface area contributed by atoms with E-state index in [1.807, 2.05) is 39.0 Å². The first-order valence-corrected chi connectivity index (χ1v) is 4.97. The zero-order valence-corrected chi connectivity index (χ0v) is 9.67. The fourth-order valence-electron chi connectivity index (χ4n) is 0.756. The van der Waals surface area contributed by atoms with Crippen molar-refractivity contribution in [1.82, 2.24) is 0 Å². The highest BCUT2D eigenvalue weighted by atomic mass is 79.9. The van der Waals surface area contributed by atoms with Crippen molar-refractivity contribution in [2.45, 2.75) is 20.8 Å². The van der Waals surface area contributed by atoms with Gasteiger partial charge in [0.15, 0.2) is 0 Å². The minimum atomic E-state index is 0.880. The lowest BCUT2D eigenvalue weighted by atomic mass is 10.2. The number of hydrogen-bond acceptors (Lipinski definition) is 2. The average molecular weight is 244 g/mol. The Morgan fingerprint density at radius 1 is 1.38 bits per heavy atom. The molecule has 0 fully saturated rings. The van der Waals surface area contributed by atoms with E-state index in [-0.39, 0.29) is 0 Å². The Hall–Kier alpha value is -0.830. The van der Waals surface area contributed by atoms with E-state index in [1.165, 1.54) is 11.8 Å². The molecule has 1 aromatic rings. The first-order valence-electron chi connectivity index (χ1n) is 4.17. The Labute approximate surface area is 87.4 Å². The number of aryl methyl sites for hydroxylation is 1. The minimum absolute atomic E-state index is 0.880. The molecule has 0 aliphatic carbocycles. The fourth-order valence-corrected chi connectivity index (χ4v) is 1.15. The van der Waals surface area contributed by atoms with Gasteiger partial charge in [0.05, 0.1) is 6.21 Å². The topological polar surface area (TPSA) is 32.6 Å². The van der Waals surface area contributed by atoms with Gasteiger partial charge in [-0.15, -0.1) is 0 Å². The summed E-state index contributed by atoms with van der Waals surface area (Å²) in [4.78, 5) is 0. The molecule has 0 saturated heterocycles. The van der Waals surface area contributed by atoms with E-state index in [9.17, 15) is 0 Å². The van der Waals surface area contributed by atoms with Crippen LogP contribution in [0.15, 0.2) is 27.8 Å². The van der Waals surface area contributed by atoms with Crippen molar-refractivity contribution >= 4 is 22.1 Å². The standard InChI is InChI=1S/C8H8BrNO.C2H6/c1-6-2-3-7(5-10-11)4-8(6)9;1-2/h2-5,11H,1H3;1-2H3/b10-5+;. The number of nitrogens with zero attached hydrogens (tertiary/aromatic N) is 1. The van der Waals surface area contributed by atoms with Crippen LogP contribution in [0.1, 0.15) is 25.0 Å². The first-order chi connectivity index (χ1) is 6.24. The van der Waals surface area contributed by atoms with Gasteiger partial charge in [0.1, 0.15) is 0 Å². The maximum absolute atomic E-state index is 8.23. The number of halogens is 1. The Kier molecular flexibility index (Phi) is 6.24. The molecular formula is C10H14BrNO. The van der Waals surface area contributed by atoms with Crippen molar-refractivity contribution in [1.29, 1.82) is 0 Å². The van der Waals surface area contributed by atoms with Gasteiger partial charge in [0, 0.05) is 4.47 Å². The molecule has 0 aliphatic heterocycles. The van der Waals surface area contributed by atoms with Gasteiger partial charge < -0.3 is 5.21 Å². The van der Waals surface area contributed by atoms with Crippen LogP contribution in [-0.2, 0) is 0 Å². The van der Waals surface area contributed by atoms with E-state index in [4.69, 9.17) is 5.21 Å². The Morgan fingerprint density at radius 3 is 2.46 bits per heavy atom. The van der Waals surface area contributed by atoms with Gasteiger partial charge >= 0.3 is 0 Å². The third-order valence-corrected chi connectivity index (χ3v) is 2.26. The Morgan fingerprint density at radius 2 is 2.00 bits per heavy atom. The zero-order chi connectivity index (χ0) is 10.3. The van der Waals surface area contributed by atoms with E-state index in [0.29, 0.717) is 0 Å². The van der Waals surface area contributed by atoms with Crippen molar-refractivity contribution < 1.29 is 5.21 Å². The maximum Gasteiger partial charge on any atom is 0.0734 e. The summed E-state index contributed by atoms with van der Waals surface area (Å²) in [7, 11) is 0. The highest BCUT2D eigenvalue weighted by molar-refractivity contribution is 9.10. The second-order valence-electron chi connectivity index (χ2n) is 2.25. The zero-order valence-electron chi connectivity index (χ0n) is 8.08. The third kappa shape index (κ3) is 4.08. The molecule has 0 spiro atoms. The monoisotopic (exact) mass is 243 g/mol. The fraction of sp³-hybridized carbons (Fsp3) is 0.300. The van der Waals surface area contributed by atoms with Crippen LogP contribution in [0.2, 0.25) is 0 Å². The summed E-state index contributed by atoms with van der Waals surface area (Å²) in [6, 6.07) is 5.75. The molecule has 72 valence electrons. The second kappa shape index (κ2) is 6.66. The van der Waals surface area contributed by atoms with Crippen LogP contribution in [0.25, 0.3) is 0 Å². The molecule has 2 nitrogen and oxygen atoms in total. The Balaban J connectivity index is 0.000000671. The number of oxime groups is 1. The summed E-state index contributed by atoms with van der Waals surface area (Å²) in [5.74, 6) is 0. The lowest BCUT2D eigenvalue weighted by Crippen LogP contribution is -1.82. The lowest BCUT2D eigenvalue weighted by Gasteiger charge is -1.97. The average Bonchev–Trinajstić information content (AvgIpc) is 2.15. The summed E-state index contributed by atoms with van der Waals surface area (Å²) >= 11 is 3.37. The molecular weight excluding hydrogens is 230 g/mol. The number of rotatable bonds is 1. The summed E-state index contributed by atoms with van der Waals surface area (Å²) in [6.45, 7) is 6.00. The maximum atomic E-state index is 8.23. The lowest BCUT2D eigenvalue weighted by molar-refractivity contribution is 0.322. The van der Waals surface area contributed by atoms with Crippen molar-refractivity contribution in [3.63, 3.8) is 0 Å². The van der Waals surface area contributed by atoms with Crippen molar-refractivity contribution in [2.24, 2.45) is 5.16 Å². The van der Waals surface area contributed by atoms with Crippen molar-refractivity contribution in [3.8, 4) is 0 Å². The van der Waals surface area contributed by atoms with Crippen LogP contribution in [0.3, 0.4) is 0 Å². The van der Waals surface area contributed by atoms with Gasteiger partial charge in [-0.25, -0.2) is 0 Å². The molecule has 1 aromatic carbocycles. The smallest absolute Gasteiger partial charge is 0.0734 e. The van der Waals surface area contributed by atoms with Crippen LogP contribution in [0.5, 0.6) is 0 Å². The summed E-state index contributed by atoms with van der Waals surface area (Å²) in [5.41, 5.74) is 2.05. The molecule has 0 bridgehead atoms. The van der Waals surface area contributed by atoms with Gasteiger partial charge in [-0.05, 0) is 24.1 Å². The summed E-state index contributed by atoms with van der Waals surface area (Å²) in [6.07, 6.45) is 1.39. The van der Waals surface area contributed by atoms with E-state index in [1.54, 1.807) is 0 Å². The molecule has 0 aliphatic rings. The molecule has 0 amide bonds. The van der Waals surface area contributed by atoms with Crippen LogP contribution in [-0.4, -0.2) is 11.4 Å². The molecule has 0 unspecified atom stereocenters. The van der Waals surface area contributed by atoms with E-state index < -0.39 is 0 Å². The predicted molar refractivity (Wildman–Crippen MR) is 59.6 cm³/mol. The first kappa shape index (κ1) is 12.2. The predicted octanol–water partition coefficient (Wildman–Crippen LogP) is 3.59. The van der Waals surface area contributed by atoms with Gasteiger partial charge in [-0.3, -0.25) is 0 Å². The van der Waals surface area contributed by atoms with Crippen LogP contribution in [0, 0.1) is 6.92 Å². The molecule has 1 N–H and O–H groups in total. The van der Waals surface area contributed by atoms with Crippen LogP contribution >= 0.6 is 15.9 Å². The third-order valence-electron chi connectivity index (χ3n) is 1.40. The number of benzene rings is 1. The van der Waals surface area contributed by atoms with Gasteiger partial charge in [-0.2, -0.15) is 0 Å². The molecule has 13 heavy (non-hydrogen) atoms. The summed E-state index contributed by atoms with van der Waals surface area (Å²) in [5, 5.41) is 11.2. The molecule has 0 atom stereocenters. The van der Waals surface area contributed by atoms with E-state index in [2.05, 4.69) is 21.1 Å². The molecule has 0 heterocycles. The SMILES string of the molecule is CC.Cc1ccc(/C=N/O)cc1Br. The van der Waals surface area contributed by atoms with E-state index >= 15 is 0 Å². The molecule has 3 heteroatoms. The largest absolute Gasteiger partial charge is 0.411 e. The van der Waals surface area contributed by atoms with Gasteiger partial charge in [-0.1, -0.05) is 47.1 Å². The van der Waals surface area contributed by atoms with Crippen molar-refractivity contribution in [3.05, 3.63) is 33.8 Å². The molecule has 0 radical (unpaired) electrons. The Bertz CT molecular complexity index is 284. The minimum Gasteiger partial charge on any atom is -0.411 e. The van der Waals surface area contributed by atoms with Crippen LogP contribution < -0.4 is 0 Å². The summed E-state index contributed by atoms with van der Waals surface area (Å²) < 4.78 is 1.02. The molecule has 1 rings (SSSR count). The highest BCUT2D eigenvalue weighted by Crippen LogP contribution is 2.16. The molecule has 0 saturated carbocycles. The highest BCUT2D eigenvalue weighted by Gasteiger charge is 1.93. The van der Waals surface area contributed by atoms with E-state index in [0.717, 1.165) is 10.0 Å². The van der Waals surface area contributed by atoms with Gasteiger partial charge in [0.2, 0.25) is 0 Å². The second-order valence-corrected chi connectivity index (χ2v) is 3.11.